The Morgan fingerprint density at radius 3 is 2.50 bits per heavy atom. The van der Waals surface area contributed by atoms with Gasteiger partial charge in [-0.3, -0.25) is 0 Å². The van der Waals surface area contributed by atoms with Gasteiger partial charge in [0.15, 0.2) is 0 Å². The fourth-order valence-electron chi connectivity index (χ4n) is 2.19. The van der Waals surface area contributed by atoms with Crippen LogP contribution >= 0.6 is 23.2 Å². The predicted octanol–water partition coefficient (Wildman–Crippen LogP) is 5.26. The van der Waals surface area contributed by atoms with Crippen molar-refractivity contribution in [3.05, 3.63) is 70.2 Å². The number of hydrogen-bond donors (Lipinski definition) is 0. The molecule has 1 atom stereocenters. The molecule has 0 bridgehead atoms. The van der Waals surface area contributed by atoms with Gasteiger partial charge in [-0.2, -0.15) is 0 Å². The maximum atomic E-state index is 13.6. The molecule has 0 saturated heterocycles. The van der Waals surface area contributed by atoms with E-state index in [9.17, 15) is 8.78 Å². The first-order valence-corrected chi connectivity index (χ1v) is 7.24. The van der Waals surface area contributed by atoms with Crippen LogP contribution in [0.5, 0.6) is 0 Å². The summed E-state index contributed by atoms with van der Waals surface area (Å²) in [5.74, 6) is -0.417. The average molecular weight is 315 g/mol. The quantitative estimate of drug-likeness (QED) is 0.660. The zero-order valence-corrected chi connectivity index (χ0v) is 12.3. The van der Waals surface area contributed by atoms with Gasteiger partial charge in [0.2, 0.25) is 0 Å². The van der Waals surface area contributed by atoms with Crippen LogP contribution in [-0.2, 0) is 12.8 Å². The van der Waals surface area contributed by atoms with Crippen LogP contribution in [0, 0.1) is 17.6 Å². The highest BCUT2D eigenvalue weighted by molar-refractivity contribution is 6.30. The lowest BCUT2D eigenvalue weighted by Gasteiger charge is -2.15. The highest BCUT2D eigenvalue weighted by atomic mass is 35.5. The van der Waals surface area contributed by atoms with Crippen LogP contribution in [0.4, 0.5) is 8.78 Å². The molecule has 0 aliphatic heterocycles. The minimum atomic E-state index is -0.433. The summed E-state index contributed by atoms with van der Waals surface area (Å²) in [6, 6.07) is 11.0. The highest BCUT2D eigenvalue weighted by Crippen LogP contribution is 2.21. The van der Waals surface area contributed by atoms with E-state index in [1.54, 1.807) is 6.07 Å². The topological polar surface area (TPSA) is 0 Å². The van der Waals surface area contributed by atoms with Gasteiger partial charge in [-0.1, -0.05) is 23.7 Å². The van der Waals surface area contributed by atoms with E-state index in [-0.39, 0.29) is 5.92 Å². The Morgan fingerprint density at radius 1 is 1.00 bits per heavy atom. The SMILES string of the molecule is Fc1ccc(F)c(CC(CCl)Cc2cccc(Cl)c2)c1. The molecule has 0 amide bonds. The van der Waals surface area contributed by atoms with Gasteiger partial charge in [-0.15, -0.1) is 11.6 Å². The van der Waals surface area contributed by atoms with E-state index in [0.29, 0.717) is 29.3 Å². The van der Waals surface area contributed by atoms with Gasteiger partial charge in [0.1, 0.15) is 11.6 Å². The second kappa shape index (κ2) is 7.05. The number of rotatable bonds is 5. The summed E-state index contributed by atoms with van der Waals surface area (Å²) in [6.07, 6.45) is 1.08. The lowest BCUT2D eigenvalue weighted by Crippen LogP contribution is -2.11. The predicted molar refractivity (Wildman–Crippen MR) is 79.4 cm³/mol. The molecule has 106 valence electrons. The molecule has 0 aromatic heterocycles. The molecule has 0 radical (unpaired) electrons. The summed E-state index contributed by atoms with van der Waals surface area (Å²) in [7, 11) is 0. The summed E-state index contributed by atoms with van der Waals surface area (Å²) < 4.78 is 26.8. The number of hydrogen-bond acceptors (Lipinski definition) is 0. The summed E-state index contributed by atoms with van der Waals surface area (Å²) in [6.45, 7) is 0. The second-order valence-corrected chi connectivity index (χ2v) is 5.54. The van der Waals surface area contributed by atoms with Crippen molar-refractivity contribution >= 4 is 23.2 Å². The van der Waals surface area contributed by atoms with Crippen LogP contribution < -0.4 is 0 Å². The minimum Gasteiger partial charge on any atom is -0.207 e. The standard InChI is InChI=1S/C16H14Cl2F2/c17-10-12(6-11-2-1-3-14(18)8-11)7-13-9-15(19)4-5-16(13)20/h1-5,8-9,12H,6-7,10H2. The van der Waals surface area contributed by atoms with E-state index < -0.39 is 11.6 Å². The maximum Gasteiger partial charge on any atom is 0.126 e. The van der Waals surface area contributed by atoms with Crippen LogP contribution in [-0.4, -0.2) is 5.88 Å². The Bertz CT molecular complexity index is 584. The van der Waals surface area contributed by atoms with Gasteiger partial charge in [0.25, 0.3) is 0 Å². The first-order chi connectivity index (χ1) is 9.58. The third kappa shape index (κ3) is 4.19. The van der Waals surface area contributed by atoms with E-state index in [1.165, 1.54) is 6.07 Å². The van der Waals surface area contributed by atoms with Crippen LogP contribution in [0.1, 0.15) is 11.1 Å². The Morgan fingerprint density at radius 2 is 1.80 bits per heavy atom. The van der Waals surface area contributed by atoms with E-state index >= 15 is 0 Å². The molecule has 2 aromatic rings. The smallest absolute Gasteiger partial charge is 0.126 e. The Labute approximate surface area is 127 Å². The molecule has 0 heterocycles. The van der Waals surface area contributed by atoms with Gasteiger partial charge in [-0.05, 0) is 60.2 Å². The molecular formula is C16H14Cl2F2. The first-order valence-electron chi connectivity index (χ1n) is 6.33. The molecule has 1 unspecified atom stereocenters. The van der Waals surface area contributed by atoms with Crippen molar-refractivity contribution in [2.75, 3.05) is 5.88 Å². The van der Waals surface area contributed by atoms with E-state index in [1.807, 2.05) is 18.2 Å². The summed E-state index contributed by atoms with van der Waals surface area (Å²) in [5.41, 5.74) is 1.40. The molecular weight excluding hydrogens is 301 g/mol. The Hall–Kier alpha value is -1.12. The molecule has 2 rings (SSSR count). The van der Waals surface area contributed by atoms with Gasteiger partial charge in [-0.25, -0.2) is 8.78 Å². The summed E-state index contributed by atoms with van der Waals surface area (Å²) >= 11 is 11.9. The highest BCUT2D eigenvalue weighted by Gasteiger charge is 2.13. The van der Waals surface area contributed by atoms with Crippen molar-refractivity contribution in [3.63, 3.8) is 0 Å². The minimum absolute atomic E-state index is 0.0337. The zero-order chi connectivity index (χ0) is 14.5. The maximum absolute atomic E-state index is 13.6. The van der Waals surface area contributed by atoms with Crippen molar-refractivity contribution in [2.45, 2.75) is 12.8 Å². The average Bonchev–Trinajstić information content (AvgIpc) is 2.42. The molecule has 0 spiro atoms. The largest absolute Gasteiger partial charge is 0.207 e. The zero-order valence-electron chi connectivity index (χ0n) is 10.8. The number of halogens is 4. The number of benzene rings is 2. The molecule has 0 aliphatic rings. The van der Waals surface area contributed by atoms with Crippen LogP contribution in [0.2, 0.25) is 5.02 Å². The molecule has 20 heavy (non-hydrogen) atoms. The third-order valence-corrected chi connectivity index (χ3v) is 3.82. The van der Waals surface area contributed by atoms with Crippen molar-refractivity contribution < 1.29 is 8.78 Å². The Kier molecular flexibility index (Phi) is 5.38. The molecule has 0 fully saturated rings. The number of alkyl halides is 1. The van der Waals surface area contributed by atoms with Crippen molar-refractivity contribution in [1.82, 2.24) is 0 Å². The van der Waals surface area contributed by atoms with E-state index in [2.05, 4.69) is 0 Å². The van der Waals surface area contributed by atoms with Crippen molar-refractivity contribution in [1.29, 1.82) is 0 Å². The normalized spacial score (nSPS) is 12.4. The van der Waals surface area contributed by atoms with Crippen molar-refractivity contribution in [3.8, 4) is 0 Å². The van der Waals surface area contributed by atoms with E-state index in [4.69, 9.17) is 23.2 Å². The molecule has 0 saturated carbocycles. The second-order valence-electron chi connectivity index (χ2n) is 4.79. The van der Waals surface area contributed by atoms with Crippen LogP contribution in [0.15, 0.2) is 42.5 Å². The van der Waals surface area contributed by atoms with Gasteiger partial charge in [0, 0.05) is 10.9 Å². The molecule has 0 aliphatic carbocycles. The summed E-state index contributed by atoms with van der Waals surface area (Å²) in [4.78, 5) is 0. The van der Waals surface area contributed by atoms with Crippen molar-refractivity contribution in [2.24, 2.45) is 5.92 Å². The van der Waals surface area contributed by atoms with Gasteiger partial charge >= 0.3 is 0 Å². The third-order valence-electron chi connectivity index (χ3n) is 3.15. The molecule has 0 nitrogen and oxygen atoms in total. The lowest BCUT2D eigenvalue weighted by molar-refractivity contribution is 0.536. The lowest BCUT2D eigenvalue weighted by atomic mass is 9.94. The fourth-order valence-corrected chi connectivity index (χ4v) is 2.62. The van der Waals surface area contributed by atoms with Crippen LogP contribution in [0.3, 0.4) is 0 Å². The fraction of sp³-hybridized carbons (Fsp3) is 0.250. The van der Waals surface area contributed by atoms with Gasteiger partial charge in [0.05, 0.1) is 0 Å². The van der Waals surface area contributed by atoms with Gasteiger partial charge < -0.3 is 0 Å². The van der Waals surface area contributed by atoms with Crippen LogP contribution in [0.25, 0.3) is 0 Å². The molecule has 0 N–H and O–H groups in total. The molecule has 4 heteroatoms. The Balaban J connectivity index is 2.11. The summed E-state index contributed by atoms with van der Waals surface area (Å²) in [5, 5.41) is 0.660. The van der Waals surface area contributed by atoms with E-state index in [0.717, 1.165) is 17.7 Å². The molecule has 2 aromatic carbocycles. The first kappa shape index (κ1) is 15.3. The monoisotopic (exact) mass is 314 g/mol.